The van der Waals surface area contributed by atoms with Gasteiger partial charge in [0.25, 0.3) is 0 Å². The molecule has 0 saturated heterocycles. The van der Waals surface area contributed by atoms with Crippen molar-refractivity contribution >= 4 is 11.4 Å². The Morgan fingerprint density at radius 1 is 0.562 bits per heavy atom. The number of anilines is 2. The molecule has 0 fully saturated rings. The van der Waals surface area contributed by atoms with Gasteiger partial charge in [0.15, 0.2) is 0 Å². The van der Waals surface area contributed by atoms with Crippen molar-refractivity contribution in [1.29, 1.82) is 0 Å². The largest absolute Gasteiger partial charge is 0.489 e. The third-order valence-electron chi connectivity index (χ3n) is 5.10. The number of benzene rings is 4. The van der Waals surface area contributed by atoms with Crippen LogP contribution in [0.4, 0.5) is 11.4 Å². The highest BCUT2D eigenvalue weighted by Gasteiger charge is 2.11. The molecule has 0 bridgehead atoms. The summed E-state index contributed by atoms with van der Waals surface area (Å²) in [7, 11) is 0. The van der Waals surface area contributed by atoms with Crippen LogP contribution in [0.1, 0.15) is 0 Å². The van der Waals surface area contributed by atoms with E-state index in [0.717, 1.165) is 22.3 Å². The fourth-order valence-corrected chi connectivity index (χ4v) is 3.40. The first-order valence-corrected chi connectivity index (χ1v) is 10.4. The van der Waals surface area contributed by atoms with Gasteiger partial charge >= 0.3 is 0 Å². The van der Waals surface area contributed by atoms with E-state index in [-0.39, 0.29) is 13.2 Å². The minimum Gasteiger partial charge on any atom is -0.489 e. The van der Waals surface area contributed by atoms with Gasteiger partial charge in [-0.2, -0.15) is 0 Å². The summed E-state index contributed by atoms with van der Waals surface area (Å²) in [6.45, 7) is 0.105. The number of nitrogen functional groups attached to an aromatic ring is 2. The van der Waals surface area contributed by atoms with Crippen LogP contribution in [0.15, 0.2) is 97.1 Å². The molecule has 0 spiro atoms. The number of nitrogens with two attached hydrogens (primary N) is 2. The quantitative estimate of drug-likeness (QED) is 0.345. The first kappa shape index (κ1) is 21.3. The summed E-state index contributed by atoms with van der Waals surface area (Å²) in [5, 5.41) is 10.3. The molecule has 0 aliphatic heterocycles. The van der Waals surface area contributed by atoms with Gasteiger partial charge in [-0.25, -0.2) is 0 Å². The Labute approximate surface area is 187 Å². The maximum atomic E-state index is 10.3. The fraction of sp³-hybridized carbons (Fsp3) is 0.111. The van der Waals surface area contributed by atoms with Gasteiger partial charge < -0.3 is 26.0 Å². The molecule has 5 N–H and O–H groups in total. The van der Waals surface area contributed by atoms with E-state index in [1.165, 1.54) is 0 Å². The maximum Gasteiger partial charge on any atom is 0.142 e. The molecule has 4 rings (SSSR count). The van der Waals surface area contributed by atoms with Crippen LogP contribution in [-0.2, 0) is 0 Å². The van der Waals surface area contributed by atoms with E-state index in [1.807, 2.05) is 97.1 Å². The number of hydrogen-bond acceptors (Lipinski definition) is 5. The van der Waals surface area contributed by atoms with Crippen molar-refractivity contribution < 1.29 is 14.6 Å². The van der Waals surface area contributed by atoms with E-state index < -0.39 is 6.10 Å². The molecule has 0 aliphatic rings. The van der Waals surface area contributed by atoms with E-state index in [4.69, 9.17) is 20.9 Å². The molecule has 4 aromatic rings. The fourth-order valence-electron chi connectivity index (χ4n) is 3.40. The summed E-state index contributed by atoms with van der Waals surface area (Å²) in [5.41, 5.74) is 17.5. The van der Waals surface area contributed by atoms with Crippen molar-refractivity contribution in [3.05, 3.63) is 97.1 Å². The highest BCUT2D eigenvalue weighted by atomic mass is 16.5. The van der Waals surface area contributed by atoms with Gasteiger partial charge in [0.05, 0.1) is 11.4 Å². The summed E-state index contributed by atoms with van der Waals surface area (Å²) in [5.74, 6) is 1.05. The minimum atomic E-state index is -0.837. The minimum absolute atomic E-state index is 0.0525. The van der Waals surface area contributed by atoms with E-state index >= 15 is 0 Å². The Hall–Kier alpha value is -3.96. The third-order valence-corrected chi connectivity index (χ3v) is 5.10. The lowest BCUT2D eigenvalue weighted by Gasteiger charge is -2.16. The molecular formula is C27H26N2O3. The molecule has 0 amide bonds. The van der Waals surface area contributed by atoms with Crippen LogP contribution in [0.2, 0.25) is 0 Å². The van der Waals surface area contributed by atoms with Gasteiger partial charge in [-0.15, -0.1) is 0 Å². The van der Waals surface area contributed by atoms with Crippen LogP contribution in [0.25, 0.3) is 22.3 Å². The Morgan fingerprint density at radius 3 is 1.34 bits per heavy atom. The molecule has 162 valence electrons. The van der Waals surface area contributed by atoms with Gasteiger partial charge in [0, 0.05) is 0 Å². The lowest BCUT2D eigenvalue weighted by atomic mass is 10.1. The van der Waals surface area contributed by atoms with Crippen molar-refractivity contribution in [2.24, 2.45) is 0 Å². The number of aliphatic hydroxyl groups is 1. The van der Waals surface area contributed by atoms with Crippen molar-refractivity contribution in [2.75, 3.05) is 24.7 Å². The Kier molecular flexibility index (Phi) is 6.58. The molecular weight excluding hydrogens is 400 g/mol. The normalized spacial score (nSPS) is 10.8. The molecule has 4 aromatic carbocycles. The van der Waals surface area contributed by atoms with Gasteiger partial charge in [-0.05, 0) is 46.5 Å². The smallest absolute Gasteiger partial charge is 0.142 e. The van der Waals surface area contributed by atoms with Gasteiger partial charge in [-0.1, -0.05) is 72.8 Å². The second-order valence-corrected chi connectivity index (χ2v) is 7.51. The predicted octanol–water partition coefficient (Wildman–Crippen LogP) is 5.00. The molecule has 0 atom stereocenters. The van der Waals surface area contributed by atoms with Gasteiger partial charge in [-0.3, -0.25) is 0 Å². The summed E-state index contributed by atoms with van der Waals surface area (Å²) in [6, 6.07) is 31.2. The monoisotopic (exact) mass is 426 g/mol. The molecule has 0 heterocycles. The Balaban J connectivity index is 1.31. The summed E-state index contributed by atoms with van der Waals surface area (Å²) >= 11 is 0. The van der Waals surface area contributed by atoms with Crippen molar-refractivity contribution in [3.63, 3.8) is 0 Å². The zero-order chi connectivity index (χ0) is 22.3. The second kappa shape index (κ2) is 9.90. The molecule has 0 aromatic heterocycles. The molecule has 0 saturated carbocycles. The highest BCUT2D eigenvalue weighted by Crippen LogP contribution is 2.30. The van der Waals surface area contributed by atoms with E-state index in [9.17, 15) is 5.11 Å². The lowest BCUT2D eigenvalue weighted by Crippen LogP contribution is -2.25. The molecule has 0 unspecified atom stereocenters. The molecule has 32 heavy (non-hydrogen) atoms. The highest BCUT2D eigenvalue weighted by molar-refractivity contribution is 5.71. The van der Waals surface area contributed by atoms with Gasteiger partial charge in [0.1, 0.15) is 30.8 Å². The van der Waals surface area contributed by atoms with Gasteiger partial charge in [0.2, 0.25) is 0 Å². The van der Waals surface area contributed by atoms with Crippen LogP contribution < -0.4 is 20.9 Å². The van der Waals surface area contributed by atoms with Crippen LogP contribution in [0.3, 0.4) is 0 Å². The Morgan fingerprint density at radius 2 is 0.969 bits per heavy atom. The van der Waals surface area contributed by atoms with Crippen LogP contribution in [-0.4, -0.2) is 24.4 Å². The molecule has 0 radical (unpaired) electrons. The summed E-state index contributed by atoms with van der Waals surface area (Å²) < 4.78 is 11.4. The van der Waals surface area contributed by atoms with E-state index in [0.29, 0.717) is 22.9 Å². The number of hydrogen-bond donors (Lipinski definition) is 3. The zero-order valence-corrected chi connectivity index (χ0v) is 17.6. The number of ether oxygens (including phenoxy) is 2. The molecule has 0 aliphatic carbocycles. The van der Waals surface area contributed by atoms with Crippen LogP contribution >= 0.6 is 0 Å². The zero-order valence-electron chi connectivity index (χ0n) is 17.6. The Bertz CT molecular complexity index is 1070. The van der Waals surface area contributed by atoms with E-state index in [2.05, 4.69) is 0 Å². The number of aliphatic hydroxyl groups excluding tert-OH is 1. The van der Waals surface area contributed by atoms with Crippen molar-refractivity contribution in [2.45, 2.75) is 6.10 Å². The third kappa shape index (κ3) is 5.20. The standard InChI is InChI=1S/C27H26N2O3/c28-24-15-21(19-7-3-1-4-8-19)11-13-26(24)31-17-23(30)18-32-27-14-12-22(16-25(27)29)20-9-5-2-6-10-20/h1-16,23,30H,17-18,28-29H2. The SMILES string of the molecule is Nc1cc(-c2ccccc2)ccc1OCC(O)COc1ccc(-c2ccccc2)cc1N. The van der Waals surface area contributed by atoms with Crippen LogP contribution in [0.5, 0.6) is 11.5 Å². The van der Waals surface area contributed by atoms with Crippen molar-refractivity contribution in [1.82, 2.24) is 0 Å². The maximum absolute atomic E-state index is 10.3. The summed E-state index contributed by atoms with van der Waals surface area (Å²) in [4.78, 5) is 0. The van der Waals surface area contributed by atoms with Crippen molar-refractivity contribution in [3.8, 4) is 33.8 Å². The predicted molar refractivity (Wildman–Crippen MR) is 130 cm³/mol. The summed E-state index contributed by atoms with van der Waals surface area (Å²) in [6.07, 6.45) is -0.837. The second-order valence-electron chi connectivity index (χ2n) is 7.51. The average Bonchev–Trinajstić information content (AvgIpc) is 2.83. The van der Waals surface area contributed by atoms with E-state index in [1.54, 1.807) is 0 Å². The topological polar surface area (TPSA) is 90.7 Å². The molecule has 5 heteroatoms. The first-order valence-electron chi connectivity index (χ1n) is 10.4. The van der Waals surface area contributed by atoms with Crippen LogP contribution in [0, 0.1) is 0 Å². The number of rotatable bonds is 8. The molecule has 5 nitrogen and oxygen atoms in total. The average molecular weight is 427 g/mol. The first-order chi connectivity index (χ1) is 15.6. The lowest BCUT2D eigenvalue weighted by molar-refractivity contribution is 0.0632.